The van der Waals surface area contributed by atoms with Crippen molar-refractivity contribution in [1.29, 1.82) is 0 Å². The van der Waals surface area contributed by atoms with E-state index >= 15 is 0 Å². The van der Waals surface area contributed by atoms with E-state index in [0.717, 1.165) is 10.6 Å². The highest BCUT2D eigenvalue weighted by Gasteiger charge is 2.45. The summed E-state index contributed by atoms with van der Waals surface area (Å²) in [5.41, 5.74) is 0. The molecule has 2 aromatic rings. The first-order valence-electron chi connectivity index (χ1n) is 8.61. The van der Waals surface area contributed by atoms with Gasteiger partial charge in [0.05, 0.1) is 0 Å². The van der Waals surface area contributed by atoms with Crippen molar-refractivity contribution in [2.45, 2.75) is 51.9 Å². The summed E-state index contributed by atoms with van der Waals surface area (Å²) in [6, 6.07) is 19.2. The van der Waals surface area contributed by atoms with Gasteiger partial charge in [0.25, 0.3) is 0 Å². The Bertz CT molecular complexity index is 751. The molecule has 26 heavy (non-hydrogen) atoms. The molecule has 0 aliphatic carbocycles. The predicted molar refractivity (Wildman–Crippen MR) is 122 cm³/mol. The fraction of sp³-hybridized carbons (Fsp3) is 0.400. The molecule has 2 nitrogen and oxygen atoms in total. The molecule has 0 bridgehead atoms. The second-order valence-corrected chi connectivity index (χ2v) is 21.1. The Morgan fingerprint density at radius 1 is 0.577 bits per heavy atom. The summed E-state index contributed by atoms with van der Waals surface area (Å²) in [6.07, 6.45) is -5.67. The van der Waals surface area contributed by atoms with Gasteiger partial charge in [0.1, 0.15) is 0 Å². The van der Waals surface area contributed by atoms with Crippen molar-refractivity contribution < 1.29 is 9.13 Å². The minimum absolute atomic E-state index is 0.425. The minimum atomic E-state index is -2.83. The van der Waals surface area contributed by atoms with Gasteiger partial charge in [-0.3, -0.25) is 0 Å². The zero-order chi connectivity index (χ0) is 19.6. The van der Waals surface area contributed by atoms with Crippen LogP contribution in [-0.2, 0) is 9.13 Å². The average molecular weight is 427 g/mol. The Labute approximate surface area is 165 Å². The third kappa shape index (κ3) is 4.36. The summed E-state index contributed by atoms with van der Waals surface area (Å²) in [5.74, 6) is 0. The number of rotatable bonds is 5. The lowest BCUT2D eigenvalue weighted by Crippen LogP contribution is -2.22. The molecule has 0 unspecified atom stereocenters. The Hall–Kier alpha value is -0.400. The van der Waals surface area contributed by atoms with Gasteiger partial charge >= 0.3 is 0 Å². The van der Waals surface area contributed by atoms with Gasteiger partial charge < -0.3 is 9.13 Å². The fourth-order valence-electron chi connectivity index (χ4n) is 2.43. The van der Waals surface area contributed by atoms with Crippen LogP contribution in [-0.4, -0.2) is 10.3 Å². The van der Waals surface area contributed by atoms with Crippen molar-refractivity contribution in [3.8, 4) is 0 Å². The van der Waals surface area contributed by atoms with E-state index in [-0.39, 0.29) is 0 Å². The molecule has 0 aromatic heterocycles. The van der Waals surface area contributed by atoms with E-state index in [1.165, 1.54) is 20.8 Å². The van der Waals surface area contributed by atoms with Crippen LogP contribution in [0.2, 0.25) is 0 Å². The standard InChI is InChI=1S/C20H28O2P2S2/c1-19(2,3)23(21,17-13-9-7-10-14-17)25-26-24(22,20(4,5)6)18-15-11-8-12-16-18/h7-16H,1-6H3/t23-,24-/m0/s1. The van der Waals surface area contributed by atoms with Gasteiger partial charge in [-0.05, 0) is 20.8 Å². The highest BCUT2D eigenvalue weighted by Crippen LogP contribution is 2.81. The zero-order valence-corrected chi connectivity index (χ0v) is 19.7. The van der Waals surface area contributed by atoms with Crippen LogP contribution in [0.3, 0.4) is 0 Å². The molecule has 0 amide bonds. The van der Waals surface area contributed by atoms with Crippen LogP contribution in [0.15, 0.2) is 60.7 Å². The summed E-state index contributed by atoms with van der Waals surface area (Å²) >= 11 is 0. The van der Waals surface area contributed by atoms with E-state index in [4.69, 9.17) is 0 Å². The molecule has 142 valence electrons. The minimum Gasteiger partial charge on any atom is -0.306 e. The molecule has 0 heterocycles. The van der Waals surface area contributed by atoms with Crippen molar-refractivity contribution in [2.24, 2.45) is 0 Å². The van der Waals surface area contributed by atoms with Crippen LogP contribution in [0.25, 0.3) is 0 Å². The molecule has 0 saturated carbocycles. The van der Waals surface area contributed by atoms with Crippen LogP contribution >= 0.6 is 33.5 Å². The molecule has 0 fully saturated rings. The number of hydrogen-bond donors (Lipinski definition) is 0. The van der Waals surface area contributed by atoms with Crippen LogP contribution in [0.5, 0.6) is 0 Å². The predicted octanol–water partition coefficient (Wildman–Crippen LogP) is 7.17. The fourth-order valence-corrected chi connectivity index (χ4v) is 21.4. The molecule has 2 aromatic carbocycles. The molecule has 0 radical (unpaired) electrons. The first kappa shape index (κ1) is 21.9. The molecule has 6 heteroatoms. The van der Waals surface area contributed by atoms with Gasteiger partial charge in [-0.15, -0.1) is 0 Å². The monoisotopic (exact) mass is 426 g/mol. The highest BCUT2D eigenvalue weighted by atomic mass is 33.5. The van der Waals surface area contributed by atoms with Crippen LogP contribution in [0.1, 0.15) is 41.5 Å². The van der Waals surface area contributed by atoms with E-state index in [2.05, 4.69) is 0 Å². The molecule has 0 aliphatic rings. The summed E-state index contributed by atoms with van der Waals surface area (Å²) in [7, 11) is 2.64. The van der Waals surface area contributed by atoms with Gasteiger partial charge in [-0.1, -0.05) is 102 Å². The number of hydrogen-bond acceptors (Lipinski definition) is 4. The first-order chi connectivity index (χ1) is 11.9. The van der Waals surface area contributed by atoms with Crippen LogP contribution in [0.4, 0.5) is 0 Å². The van der Waals surface area contributed by atoms with Gasteiger partial charge in [-0.2, -0.15) is 0 Å². The maximum Gasteiger partial charge on any atom is 0.182 e. The quantitative estimate of drug-likeness (QED) is 0.375. The average Bonchev–Trinajstić information content (AvgIpc) is 2.59. The highest BCUT2D eigenvalue weighted by molar-refractivity contribution is 9.15. The Balaban J connectivity index is 2.47. The Kier molecular flexibility index (Phi) is 6.67. The molecular weight excluding hydrogens is 398 g/mol. The lowest BCUT2D eigenvalue weighted by atomic mass is 10.3. The van der Waals surface area contributed by atoms with Gasteiger partial charge in [0.15, 0.2) is 12.7 Å². The van der Waals surface area contributed by atoms with E-state index < -0.39 is 23.0 Å². The maximum absolute atomic E-state index is 14.1. The Morgan fingerprint density at radius 3 is 1.08 bits per heavy atom. The summed E-state index contributed by atoms with van der Waals surface area (Å²) in [6.45, 7) is 12.0. The van der Waals surface area contributed by atoms with Gasteiger partial charge in [0.2, 0.25) is 0 Å². The topological polar surface area (TPSA) is 34.1 Å². The van der Waals surface area contributed by atoms with E-state index in [1.807, 2.05) is 102 Å². The smallest absolute Gasteiger partial charge is 0.182 e. The van der Waals surface area contributed by atoms with Crippen molar-refractivity contribution in [3.05, 3.63) is 60.7 Å². The zero-order valence-electron chi connectivity index (χ0n) is 16.3. The van der Waals surface area contributed by atoms with Crippen molar-refractivity contribution >= 4 is 44.1 Å². The molecular formula is C20H28O2P2S2. The summed E-state index contributed by atoms with van der Waals surface area (Å²) < 4.78 is 28.1. The molecule has 0 saturated heterocycles. The Morgan fingerprint density at radius 2 is 0.846 bits per heavy atom. The number of benzene rings is 2. The molecule has 0 N–H and O–H groups in total. The third-order valence-electron chi connectivity index (χ3n) is 4.20. The molecule has 0 spiro atoms. The SMILES string of the molecule is CC(C)(C)[P@@](=O)(SS[P@@](=O)(c1ccccc1)C(C)(C)C)c1ccccc1. The van der Waals surface area contributed by atoms with Crippen molar-refractivity contribution in [3.63, 3.8) is 0 Å². The lowest BCUT2D eigenvalue weighted by Gasteiger charge is -2.35. The van der Waals surface area contributed by atoms with Gasteiger partial charge in [-0.25, -0.2) is 0 Å². The molecule has 2 rings (SSSR count). The van der Waals surface area contributed by atoms with Crippen molar-refractivity contribution in [1.82, 2.24) is 0 Å². The van der Waals surface area contributed by atoms with Crippen LogP contribution in [0, 0.1) is 0 Å². The first-order valence-corrected chi connectivity index (χ1v) is 15.4. The summed E-state index contributed by atoms with van der Waals surface area (Å²) in [4.78, 5) is 0. The van der Waals surface area contributed by atoms with Gasteiger partial charge in [0, 0.05) is 20.9 Å². The van der Waals surface area contributed by atoms with E-state index in [0.29, 0.717) is 0 Å². The normalized spacial score (nSPS) is 17.3. The molecule has 2 atom stereocenters. The maximum atomic E-state index is 14.1. The second-order valence-electron chi connectivity index (χ2n) is 8.26. The second kappa shape index (κ2) is 7.92. The molecule has 0 aliphatic heterocycles. The largest absolute Gasteiger partial charge is 0.306 e. The van der Waals surface area contributed by atoms with E-state index in [9.17, 15) is 9.13 Å². The van der Waals surface area contributed by atoms with E-state index in [1.54, 1.807) is 0 Å². The summed E-state index contributed by atoms with van der Waals surface area (Å²) in [5, 5.41) is 0.814. The van der Waals surface area contributed by atoms with Crippen LogP contribution < -0.4 is 10.6 Å². The third-order valence-corrected chi connectivity index (χ3v) is 22.4. The lowest BCUT2D eigenvalue weighted by molar-refractivity contribution is 0.567. The van der Waals surface area contributed by atoms with Crippen molar-refractivity contribution in [2.75, 3.05) is 0 Å².